The molecule has 7 heteroatoms. The van der Waals surface area contributed by atoms with E-state index in [1.807, 2.05) is 5.32 Å². The molecule has 0 aliphatic heterocycles. The van der Waals surface area contributed by atoms with Crippen molar-refractivity contribution in [3.8, 4) is 0 Å². The SMILES string of the molecule is O=C(CC(F)(F)F)Nc1ccc(F)c(Br)c1. The molecule has 0 bridgehead atoms. The Balaban J connectivity index is 2.67. The lowest BCUT2D eigenvalue weighted by Gasteiger charge is -2.08. The maximum atomic E-state index is 12.8. The molecule has 2 nitrogen and oxygen atoms in total. The number of carbonyl (C=O) groups is 1. The van der Waals surface area contributed by atoms with Crippen LogP contribution in [0.4, 0.5) is 23.2 Å². The summed E-state index contributed by atoms with van der Waals surface area (Å²) in [7, 11) is 0. The van der Waals surface area contributed by atoms with Crippen LogP contribution in [0.15, 0.2) is 22.7 Å². The number of hydrogen-bond acceptors (Lipinski definition) is 1. The van der Waals surface area contributed by atoms with Crippen molar-refractivity contribution in [2.75, 3.05) is 5.32 Å². The largest absolute Gasteiger partial charge is 0.397 e. The molecule has 1 aromatic carbocycles. The number of nitrogens with one attached hydrogen (secondary N) is 1. The van der Waals surface area contributed by atoms with Crippen LogP contribution in [0, 0.1) is 5.82 Å². The highest BCUT2D eigenvalue weighted by Crippen LogP contribution is 2.22. The molecule has 0 fully saturated rings. The lowest BCUT2D eigenvalue weighted by atomic mass is 10.3. The summed E-state index contributed by atoms with van der Waals surface area (Å²) in [4.78, 5) is 10.9. The second-order valence-electron chi connectivity index (χ2n) is 2.97. The second kappa shape index (κ2) is 4.82. The maximum Gasteiger partial charge on any atom is 0.397 e. The number of amides is 1. The molecule has 0 saturated carbocycles. The van der Waals surface area contributed by atoms with E-state index in [1.54, 1.807) is 0 Å². The molecule has 0 atom stereocenters. The standard InChI is InChI=1S/C9H6BrF4NO/c10-6-3-5(1-2-7(6)11)15-8(16)4-9(12,13)14/h1-3H,4H2,(H,15,16). The predicted octanol–water partition coefficient (Wildman–Crippen LogP) is 3.48. The van der Waals surface area contributed by atoms with Crippen LogP contribution in [0.5, 0.6) is 0 Å². The number of halogens is 5. The Labute approximate surface area is 96.8 Å². The van der Waals surface area contributed by atoms with Crippen LogP contribution in [0.25, 0.3) is 0 Å². The molecule has 0 radical (unpaired) electrons. The number of alkyl halides is 3. The number of benzene rings is 1. The van der Waals surface area contributed by atoms with Crippen molar-refractivity contribution in [1.29, 1.82) is 0 Å². The van der Waals surface area contributed by atoms with Crippen molar-refractivity contribution in [3.05, 3.63) is 28.5 Å². The molecule has 0 unspecified atom stereocenters. The number of rotatable bonds is 2. The highest BCUT2D eigenvalue weighted by molar-refractivity contribution is 9.10. The molecule has 1 N–H and O–H groups in total. The van der Waals surface area contributed by atoms with E-state index in [1.165, 1.54) is 12.1 Å². The summed E-state index contributed by atoms with van der Waals surface area (Å²) < 4.78 is 48.3. The van der Waals surface area contributed by atoms with Gasteiger partial charge in [0.15, 0.2) is 0 Å². The van der Waals surface area contributed by atoms with Gasteiger partial charge in [-0.1, -0.05) is 0 Å². The quantitative estimate of drug-likeness (QED) is 0.832. The Hall–Kier alpha value is -1.11. The minimum Gasteiger partial charge on any atom is -0.326 e. The van der Waals surface area contributed by atoms with Crippen LogP contribution < -0.4 is 5.32 Å². The van der Waals surface area contributed by atoms with E-state index in [0.29, 0.717) is 0 Å². The molecular weight excluding hydrogens is 294 g/mol. The first-order valence-electron chi connectivity index (χ1n) is 4.09. The zero-order valence-electron chi connectivity index (χ0n) is 7.74. The van der Waals surface area contributed by atoms with Crippen LogP contribution >= 0.6 is 15.9 Å². The summed E-state index contributed by atoms with van der Waals surface area (Å²) in [5.74, 6) is -1.75. The summed E-state index contributed by atoms with van der Waals surface area (Å²) in [6.45, 7) is 0. The van der Waals surface area contributed by atoms with Crippen LogP contribution in [0.3, 0.4) is 0 Å². The van der Waals surface area contributed by atoms with Gasteiger partial charge in [-0.3, -0.25) is 4.79 Å². The van der Waals surface area contributed by atoms with Gasteiger partial charge in [0.05, 0.1) is 4.47 Å². The molecule has 0 aromatic heterocycles. The van der Waals surface area contributed by atoms with Crippen LogP contribution in [0.2, 0.25) is 0 Å². The highest BCUT2D eigenvalue weighted by atomic mass is 79.9. The number of anilines is 1. The molecule has 88 valence electrons. The van der Waals surface area contributed by atoms with Crippen molar-refractivity contribution in [2.24, 2.45) is 0 Å². The summed E-state index contributed by atoms with van der Waals surface area (Å²) in [5, 5.41) is 2.01. The lowest BCUT2D eigenvalue weighted by Crippen LogP contribution is -2.21. The first kappa shape index (κ1) is 13.0. The summed E-state index contributed by atoms with van der Waals surface area (Å²) in [6, 6.07) is 3.39. The summed E-state index contributed by atoms with van der Waals surface area (Å²) in [6.07, 6.45) is -6.12. The summed E-state index contributed by atoms with van der Waals surface area (Å²) in [5.41, 5.74) is 0.0996. The van der Waals surface area contributed by atoms with Gasteiger partial charge in [-0.25, -0.2) is 4.39 Å². The molecule has 1 amide bonds. The van der Waals surface area contributed by atoms with Crippen molar-refractivity contribution in [3.63, 3.8) is 0 Å². The Morgan fingerprint density at radius 3 is 2.50 bits per heavy atom. The average Bonchev–Trinajstić information content (AvgIpc) is 2.08. The van der Waals surface area contributed by atoms with E-state index in [4.69, 9.17) is 0 Å². The van der Waals surface area contributed by atoms with Gasteiger partial charge in [0.1, 0.15) is 12.2 Å². The van der Waals surface area contributed by atoms with Crippen LogP contribution in [-0.2, 0) is 4.79 Å². The third-order valence-corrected chi connectivity index (χ3v) is 2.17. The van der Waals surface area contributed by atoms with Crippen molar-refractivity contribution in [2.45, 2.75) is 12.6 Å². The minimum absolute atomic E-state index is 0.0670. The normalized spacial score (nSPS) is 11.3. The van der Waals surface area contributed by atoms with E-state index in [-0.39, 0.29) is 10.2 Å². The van der Waals surface area contributed by atoms with Gasteiger partial charge < -0.3 is 5.32 Å². The maximum absolute atomic E-state index is 12.8. The van der Waals surface area contributed by atoms with Gasteiger partial charge in [-0.05, 0) is 34.1 Å². The van der Waals surface area contributed by atoms with Crippen LogP contribution in [-0.4, -0.2) is 12.1 Å². The summed E-state index contributed by atoms with van der Waals surface area (Å²) >= 11 is 2.85. The Morgan fingerprint density at radius 1 is 1.38 bits per heavy atom. The van der Waals surface area contributed by atoms with Crippen molar-refractivity contribution >= 4 is 27.5 Å². The van der Waals surface area contributed by atoms with Gasteiger partial charge in [0, 0.05) is 5.69 Å². The average molecular weight is 300 g/mol. The van der Waals surface area contributed by atoms with Gasteiger partial charge in [0.2, 0.25) is 5.91 Å². The second-order valence-corrected chi connectivity index (χ2v) is 3.82. The first-order chi connectivity index (χ1) is 7.28. The fourth-order valence-corrected chi connectivity index (χ4v) is 1.34. The van der Waals surface area contributed by atoms with E-state index in [9.17, 15) is 22.4 Å². The third-order valence-electron chi connectivity index (χ3n) is 1.56. The molecule has 0 spiro atoms. The van der Waals surface area contributed by atoms with E-state index >= 15 is 0 Å². The van der Waals surface area contributed by atoms with Crippen molar-refractivity contribution in [1.82, 2.24) is 0 Å². The number of hydrogen-bond donors (Lipinski definition) is 1. The predicted molar refractivity (Wildman–Crippen MR) is 53.4 cm³/mol. The zero-order chi connectivity index (χ0) is 12.3. The van der Waals surface area contributed by atoms with E-state index in [2.05, 4.69) is 15.9 Å². The molecule has 1 aromatic rings. The fourth-order valence-electron chi connectivity index (χ4n) is 0.961. The van der Waals surface area contributed by atoms with Gasteiger partial charge in [-0.2, -0.15) is 13.2 Å². The molecule has 0 aliphatic carbocycles. The van der Waals surface area contributed by atoms with Gasteiger partial charge >= 0.3 is 6.18 Å². The monoisotopic (exact) mass is 299 g/mol. The molecule has 0 heterocycles. The third kappa shape index (κ3) is 4.18. The lowest BCUT2D eigenvalue weighted by molar-refractivity contribution is -0.150. The van der Waals surface area contributed by atoms with E-state index in [0.717, 1.165) is 6.07 Å². The molecule has 0 aliphatic rings. The Bertz CT molecular complexity index is 405. The molecule has 16 heavy (non-hydrogen) atoms. The smallest absolute Gasteiger partial charge is 0.326 e. The van der Waals surface area contributed by atoms with E-state index < -0.39 is 24.3 Å². The fraction of sp³-hybridized carbons (Fsp3) is 0.222. The Morgan fingerprint density at radius 2 is 2.00 bits per heavy atom. The van der Waals surface area contributed by atoms with Crippen LogP contribution in [0.1, 0.15) is 6.42 Å². The van der Waals surface area contributed by atoms with Crippen molar-refractivity contribution < 1.29 is 22.4 Å². The molecular formula is C9H6BrF4NO. The number of carbonyl (C=O) groups excluding carboxylic acids is 1. The first-order valence-corrected chi connectivity index (χ1v) is 4.89. The van der Waals surface area contributed by atoms with Gasteiger partial charge in [-0.15, -0.1) is 0 Å². The molecule has 0 saturated heterocycles. The highest BCUT2D eigenvalue weighted by Gasteiger charge is 2.31. The Kier molecular flexibility index (Phi) is 3.90. The minimum atomic E-state index is -4.55. The topological polar surface area (TPSA) is 29.1 Å². The van der Waals surface area contributed by atoms with Gasteiger partial charge in [0.25, 0.3) is 0 Å². The zero-order valence-corrected chi connectivity index (χ0v) is 9.32. The molecule has 1 rings (SSSR count).